The Labute approximate surface area is 56.6 Å². The molecule has 0 amide bonds. The summed E-state index contributed by atoms with van der Waals surface area (Å²) in [5.74, 6) is 1.97. The lowest BCUT2D eigenvalue weighted by Gasteiger charge is -2.12. The zero-order valence-corrected chi connectivity index (χ0v) is 5.84. The molecule has 2 aliphatic rings. The molecule has 2 saturated carbocycles. The molecule has 0 spiro atoms. The summed E-state index contributed by atoms with van der Waals surface area (Å²) in [4.78, 5) is 0. The lowest BCUT2D eigenvalue weighted by Crippen LogP contribution is -2.25. The molecule has 0 aromatic rings. The first kappa shape index (κ1) is 5.72. The zero-order chi connectivity index (χ0) is 6.27. The monoisotopic (exact) mass is 125 g/mol. The van der Waals surface area contributed by atoms with Crippen molar-refractivity contribution in [1.82, 2.24) is 0 Å². The molecule has 0 heterocycles. The summed E-state index contributed by atoms with van der Waals surface area (Å²) in [6, 6.07) is 0.567. The Kier molecular flexibility index (Phi) is 1.26. The third-order valence-corrected chi connectivity index (χ3v) is 2.85. The van der Waals surface area contributed by atoms with Crippen LogP contribution < -0.4 is 5.73 Å². The summed E-state index contributed by atoms with van der Waals surface area (Å²) in [5, 5.41) is 0. The van der Waals surface area contributed by atoms with Crippen LogP contribution in [0.15, 0.2) is 0 Å². The highest BCUT2D eigenvalue weighted by atomic mass is 14.7. The van der Waals surface area contributed by atoms with Crippen LogP contribution in [0, 0.1) is 11.8 Å². The normalized spacial score (nSPS) is 43.7. The molecule has 0 aromatic heterocycles. The molecule has 0 aromatic carbocycles. The van der Waals surface area contributed by atoms with Gasteiger partial charge in [-0.3, -0.25) is 0 Å². The maximum absolute atomic E-state index is 5.92. The first-order chi connectivity index (χ1) is 4.38. The van der Waals surface area contributed by atoms with Gasteiger partial charge in [0, 0.05) is 6.04 Å². The maximum Gasteiger partial charge on any atom is 0.00698 e. The predicted octanol–water partition coefficient (Wildman–Crippen LogP) is 1.52. The van der Waals surface area contributed by atoms with Crippen molar-refractivity contribution in [2.75, 3.05) is 0 Å². The molecule has 2 aliphatic carbocycles. The molecule has 0 radical (unpaired) electrons. The summed E-state index contributed by atoms with van der Waals surface area (Å²) < 4.78 is 0. The highest BCUT2D eigenvalue weighted by Crippen LogP contribution is 2.44. The second-order valence-electron chi connectivity index (χ2n) is 3.60. The molecule has 1 heteroatoms. The molecule has 2 unspecified atom stereocenters. The van der Waals surface area contributed by atoms with Gasteiger partial charge in [0.15, 0.2) is 0 Å². The van der Waals surface area contributed by atoms with E-state index in [1.165, 1.54) is 32.1 Å². The van der Waals surface area contributed by atoms with Gasteiger partial charge in [-0.25, -0.2) is 0 Å². The van der Waals surface area contributed by atoms with Crippen molar-refractivity contribution in [2.45, 2.75) is 38.1 Å². The summed E-state index contributed by atoms with van der Waals surface area (Å²) in [5.41, 5.74) is 5.92. The van der Waals surface area contributed by atoms with Gasteiger partial charge in [0.2, 0.25) is 0 Å². The first-order valence-corrected chi connectivity index (χ1v) is 4.13. The highest BCUT2D eigenvalue weighted by Gasteiger charge is 2.37. The molecule has 0 saturated heterocycles. The Bertz CT molecular complexity index is 107. The molecule has 1 nitrogen and oxygen atoms in total. The zero-order valence-electron chi connectivity index (χ0n) is 5.84. The Balaban J connectivity index is 1.93. The number of hydrogen-bond acceptors (Lipinski definition) is 1. The van der Waals surface area contributed by atoms with Gasteiger partial charge in [0.1, 0.15) is 0 Å². The lowest BCUT2D eigenvalue weighted by molar-refractivity contribution is 0.425. The van der Waals surface area contributed by atoms with E-state index in [0.29, 0.717) is 6.04 Å². The largest absolute Gasteiger partial charge is 0.327 e. The van der Waals surface area contributed by atoms with Crippen molar-refractivity contribution < 1.29 is 0 Å². The Morgan fingerprint density at radius 3 is 2.22 bits per heavy atom. The van der Waals surface area contributed by atoms with Crippen LogP contribution in [0.3, 0.4) is 0 Å². The minimum Gasteiger partial charge on any atom is -0.327 e. The number of rotatable bonds is 1. The van der Waals surface area contributed by atoms with Gasteiger partial charge in [-0.15, -0.1) is 0 Å². The summed E-state index contributed by atoms with van der Waals surface area (Å²) >= 11 is 0. The molecule has 2 rings (SSSR count). The van der Waals surface area contributed by atoms with Crippen molar-refractivity contribution in [3.63, 3.8) is 0 Å². The molecule has 52 valence electrons. The molecule has 0 bridgehead atoms. The highest BCUT2D eigenvalue weighted by molar-refractivity contribution is 4.91. The third-order valence-electron chi connectivity index (χ3n) is 2.85. The van der Waals surface area contributed by atoms with E-state index >= 15 is 0 Å². The minimum atomic E-state index is 0.567. The lowest BCUT2D eigenvalue weighted by atomic mass is 9.99. The fourth-order valence-electron chi connectivity index (χ4n) is 2.13. The van der Waals surface area contributed by atoms with Crippen LogP contribution >= 0.6 is 0 Å². The smallest absolute Gasteiger partial charge is 0.00698 e. The van der Waals surface area contributed by atoms with Crippen LogP contribution in [0.25, 0.3) is 0 Å². The van der Waals surface area contributed by atoms with Crippen LogP contribution in [0.5, 0.6) is 0 Å². The average Bonchev–Trinajstić information content (AvgIpc) is 2.58. The fourth-order valence-corrected chi connectivity index (χ4v) is 2.13. The van der Waals surface area contributed by atoms with Gasteiger partial charge in [-0.05, 0) is 37.5 Å². The van der Waals surface area contributed by atoms with Gasteiger partial charge >= 0.3 is 0 Å². The van der Waals surface area contributed by atoms with E-state index in [4.69, 9.17) is 5.73 Å². The molecule has 2 atom stereocenters. The quantitative estimate of drug-likeness (QED) is 0.565. The molecule has 2 N–H and O–H groups in total. The predicted molar refractivity (Wildman–Crippen MR) is 38.0 cm³/mol. The maximum atomic E-state index is 5.92. The molecule has 0 aliphatic heterocycles. The van der Waals surface area contributed by atoms with Crippen molar-refractivity contribution in [3.05, 3.63) is 0 Å². The topological polar surface area (TPSA) is 26.0 Å². The van der Waals surface area contributed by atoms with Crippen LogP contribution in [-0.4, -0.2) is 6.04 Å². The second kappa shape index (κ2) is 1.98. The molecular weight excluding hydrogens is 110 g/mol. The standard InChI is InChI=1S/C8H15N/c9-8-3-1-2-7(8)6-4-5-6/h6-8H,1-5,9H2. The Morgan fingerprint density at radius 2 is 1.78 bits per heavy atom. The van der Waals surface area contributed by atoms with Crippen LogP contribution in [-0.2, 0) is 0 Å². The van der Waals surface area contributed by atoms with Gasteiger partial charge in [0.05, 0.1) is 0 Å². The van der Waals surface area contributed by atoms with Crippen molar-refractivity contribution in [2.24, 2.45) is 17.6 Å². The number of hydrogen-bond donors (Lipinski definition) is 1. The molecular formula is C8H15N. The summed E-state index contributed by atoms with van der Waals surface area (Å²) in [6.45, 7) is 0. The minimum absolute atomic E-state index is 0.567. The van der Waals surface area contributed by atoms with E-state index in [1.54, 1.807) is 0 Å². The molecule has 2 fully saturated rings. The van der Waals surface area contributed by atoms with E-state index in [-0.39, 0.29) is 0 Å². The van der Waals surface area contributed by atoms with Gasteiger partial charge in [-0.1, -0.05) is 6.42 Å². The second-order valence-corrected chi connectivity index (χ2v) is 3.60. The Morgan fingerprint density at radius 1 is 1.00 bits per heavy atom. The van der Waals surface area contributed by atoms with Crippen LogP contribution in [0.2, 0.25) is 0 Å². The van der Waals surface area contributed by atoms with Gasteiger partial charge in [0.25, 0.3) is 0 Å². The van der Waals surface area contributed by atoms with Crippen LogP contribution in [0.1, 0.15) is 32.1 Å². The van der Waals surface area contributed by atoms with Crippen LogP contribution in [0.4, 0.5) is 0 Å². The van der Waals surface area contributed by atoms with E-state index in [0.717, 1.165) is 11.8 Å². The van der Waals surface area contributed by atoms with Crippen molar-refractivity contribution >= 4 is 0 Å². The van der Waals surface area contributed by atoms with E-state index in [1.807, 2.05) is 0 Å². The summed E-state index contributed by atoms with van der Waals surface area (Å²) in [7, 11) is 0. The van der Waals surface area contributed by atoms with E-state index < -0.39 is 0 Å². The third kappa shape index (κ3) is 0.983. The summed E-state index contributed by atoms with van der Waals surface area (Å²) in [6.07, 6.45) is 7.05. The average molecular weight is 125 g/mol. The van der Waals surface area contributed by atoms with E-state index in [2.05, 4.69) is 0 Å². The van der Waals surface area contributed by atoms with Gasteiger partial charge < -0.3 is 5.73 Å². The Hall–Kier alpha value is -0.0400. The first-order valence-electron chi connectivity index (χ1n) is 4.13. The SMILES string of the molecule is NC1CCCC1C1CC1. The molecule has 9 heavy (non-hydrogen) atoms. The fraction of sp³-hybridized carbons (Fsp3) is 1.00. The van der Waals surface area contributed by atoms with E-state index in [9.17, 15) is 0 Å². The number of nitrogens with two attached hydrogens (primary N) is 1. The van der Waals surface area contributed by atoms with Crippen molar-refractivity contribution in [1.29, 1.82) is 0 Å². The van der Waals surface area contributed by atoms with Gasteiger partial charge in [-0.2, -0.15) is 0 Å². The van der Waals surface area contributed by atoms with Crippen molar-refractivity contribution in [3.8, 4) is 0 Å².